The van der Waals surface area contributed by atoms with Gasteiger partial charge in [0.2, 0.25) is 5.11 Å². The number of nitrogens with one attached hydrogen (secondary N) is 1. The zero-order valence-electron chi connectivity index (χ0n) is 14.9. The minimum Gasteiger partial charge on any atom is -0.387 e. The van der Waals surface area contributed by atoms with Crippen molar-refractivity contribution in [2.75, 3.05) is 20.2 Å². The van der Waals surface area contributed by atoms with Crippen molar-refractivity contribution < 1.29 is 13.9 Å². The lowest BCUT2D eigenvalue weighted by molar-refractivity contribution is 0.184. The number of benzene rings is 1. The van der Waals surface area contributed by atoms with E-state index in [-0.39, 0.29) is 22.8 Å². The van der Waals surface area contributed by atoms with Gasteiger partial charge in [-0.2, -0.15) is 0 Å². The van der Waals surface area contributed by atoms with E-state index in [2.05, 4.69) is 10.3 Å². The molecule has 1 saturated heterocycles. The second kappa shape index (κ2) is 9.40. The maximum Gasteiger partial charge on any atom is 0.323 e. The number of nitrogens with two attached hydrogens (primary N) is 1. The predicted molar refractivity (Wildman–Crippen MR) is 104 cm³/mol. The van der Waals surface area contributed by atoms with E-state index < -0.39 is 0 Å². The number of carbonyl (C=O) groups excluding carboxylic acids is 1. The van der Waals surface area contributed by atoms with Crippen molar-refractivity contribution in [3.05, 3.63) is 40.7 Å². The van der Waals surface area contributed by atoms with Gasteiger partial charge in [0.1, 0.15) is 5.82 Å². The number of rotatable bonds is 3. The highest BCUT2D eigenvalue weighted by molar-refractivity contribution is 7.80. The summed E-state index contributed by atoms with van der Waals surface area (Å²) in [5, 5.41) is 2.58. The van der Waals surface area contributed by atoms with Crippen LogP contribution in [0.2, 0.25) is 0 Å². The number of methoxy groups -OCH3 is 1. The number of piperidine rings is 1. The fourth-order valence-corrected chi connectivity index (χ4v) is 2.90. The second-order valence-electron chi connectivity index (χ2n) is 6.07. The molecule has 3 N–H and O–H groups in total. The molecule has 0 saturated carbocycles. The second-order valence-corrected chi connectivity index (χ2v) is 6.45. The molecule has 2 rings (SSSR count). The third-order valence-corrected chi connectivity index (χ3v) is 4.11. The Balaban J connectivity index is 1.93. The molecule has 0 radical (unpaired) electrons. The van der Waals surface area contributed by atoms with Crippen LogP contribution in [-0.2, 0) is 11.3 Å². The number of ether oxygens (including phenoxy) is 1. The normalized spacial score (nSPS) is 15.0. The van der Waals surface area contributed by atoms with Crippen molar-refractivity contribution in [2.45, 2.75) is 26.4 Å². The first kappa shape index (κ1) is 20.0. The van der Waals surface area contributed by atoms with Gasteiger partial charge in [0, 0.05) is 25.8 Å². The summed E-state index contributed by atoms with van der Waals surface area (Å²) < 4.78 is 19.2. The SMILES string of the molecule is COCc1ccc(C=C2CCN(C(=O)NC(=S)/N=C(/C)N)CC2)c(F)c1. The Morgan fingerprint density at radius 1 is 1.46 bits per heavy atom. The molecule has 1 fully saturated rings. The molecule has 6 nitrogen and oxygen atoms in total. The Kier molecular flexibility index (Phi) is 7.23. The minimum atomic E-state index is -0.297. The monoisotopic (exact) mass is 378 g/mol. The third kappa shape index (κ3) is 5.89. The Morgan fingerprint density at radius 2 is 2.15 bits per heavy atom. The Hall–Kier alpha value is -2.32. The third-order valence-electron chi connectivity index (χ3n) is 3.92. The Labute approximate surface area is 157 Å². The highest BCUT2D eigenvalue weighted by Crippen LogP contribution is 2.21. The number of hydrogen-bond acceptors (Lipinski definition) is 3. The highest BCUT2D eigenvalue weighted by atomic mass is 32.1. The quantitative estimate of drug-likeness (QED) is 0.482. The van der Waals surface area contributed by atoms with E-state index in [1.54, 1.807) is 25.0 Å². The number of thiocarbonyl (C=S) groups is 1. The van der Waals surface area contributed by atoms with Crippen LogP contribution in [0.5, 0.6) is 0 Å². The molecule has 2 amide bonds. The molecule has 0 bridgehead atoms. The maximum atomic E-state index is 14.2. The zero-order chi connectivity index (χ0) is 19.1. The average Bonchev–Trinajstić information content (AvgIpc) is 2.57. The van der Waals surface area contributed by atoms with Gasteiger partial charge in [-0.3, -0.25) is 5.32 Å². The number of hydrogen-bond donors (Lipinski definition) is 2. The summed E-state index contributed by atoms with van der Waals surface area (Å²) in [4.78, 5) is 17.6. The number of carbonyl (C=O) groups is 1. The highest BCUT2D eigenvalue weighted by Gasteiger charge is 2.20. The van der Waals surface area contributed by atoms with Crippen molar-refractivity contribution in [3.63, 3.8) is 0 Å². The number of amidine groups is 1. The smallest absolute Gasteiger partial charge is 0.323 e. The summed E-state index contributed by atoms with van der Waals surface area (Å²) in [6.45, 7) is 3.05. The van der Waals surface area contributed by atoms with E-state index in [9.17, 15) is 9.18 Å². The van der Waals surface area contributed by atoms with Gasteiger partial charge in [0.15, 0.2) is 0 Å². The molecule has 0 aliphatic carbocycles. The van der Waals surface area contributed by atoms with Crippen molar-refractivity contribution in [3.8, 4) is 0 Å². The lowest BCUT2D eigenvalue weighted by Gasteiger charge is -2.28. The van der Waals surface area contributed by atoms with Crippen LogP contribution in [0.25, 0.3) is 6.08 Å². The summed E-state index contributed by atoms with van der Waals surface area (Å²) >= 11 is 4.94. The van der Waals surface area contributed by atoms with Crippen LogP contribution < -0.4 is 11.1 Å². The van der Waals surface area contributed by atoms with E-state index >= 15 is 0 Å². The van der Waals surface area contributed by atoms with Gasteiger partial charge in [0.25, 0.3) is 0 Å². The van der Waals surface area contributed by atoms with E-state index in [4.69, 9.17) is 22.7 Å². The van der Waals surface area contributed by atoms with Crippen molar-refractivity contribution >= 4 is 35.3 Å². The van der Waals surface area contributed by atoms with Crippen molar-refractivity contribution in [2.24, 2.45) is 10.7 Å². The summed E-state index contributed by atoms with van der Waals surface area (Å²) in [7, 11) is 1.58. The molecular weight excluding hydrogens is 355 g/mol. The standard InChI is InChI=1S/C18H23FN4O2S/c1-12(20)21-17(26)22-18(24)23-7-5-13(6-8-23)9-15-4-3-14(11-25-2)10-16(15)19/h3-4,9-10H,5-8,11H2,1-2H3,(H3,20,21,22,24,26). The van der Waals surface area contributed by atoms with E-state index in [1.807, 2.05) is 12.1 Å². The summed E-state index contributed by atoms with van der Waals surface area (Å²) in [5.41, 5.74) is 7.88. The molecule has 8 heteroatoms. The first-order valence-electron chi connectivity index (χ1n) is 8.26. The Bertz CT molecular complexity index is 735. The van der Waals surface area contributed by atoms with Crippen molar-refractivity contribution in [1.82, 2.24) is 10.2 Å². The molecule has 0 aromatic heterocycles. The van der Waals surface area contributed by atoms with Crippen LogP contribution in [0.4, 0.5) is 9.18 Å². The molecule has 1 aromatic rings. The number of amides is 2. The van der Waals surface area contributed by atoms with Crippen LogP contribution in [0.1, 0.15) is 30.9 Å². The first-order valence-corrected chi connectivity index (χ1v) is 8.67. The number of nitrogens with zero attached hydrogens (tertiary/aromatic N) is 2. The van der Waals surface area contributed by atoms with Crippen LogP contribution in [0.15, 0.2) is 28.8 Å². The fourth-order valence-electron chi connectivity index (χ4n) is 2.66. The first-order chi connectivity index (χ1) is 12.4. The lowest BCUT2D eigenvalue weighted by atomic mass is 10.0. The number of aliphatic imine (C=N–C) groups is 1. The molecule has 140 valence electrons. The van der Waals surface area contributed by atoms with Gasteiger partial charge in [0.05, 0.1) is 12.4 Å². The van der Waals surface area contributed by atoms with Gasteiger partial charge in [-0.25, -0.2) is 14.2 Å². The molecule has 1 aliphatic heterocycles. The summed E-state index contributed by atoms with van der Waals surface area (Å²) in [6.07, 6.45) is 3.21. The number of halogens is 1. The van der Waals surface area contributed by atoms with Crippen molar-refractivity contribution in [1.29, 1.82) is 0 Å². The van der Waals surface area contributed by atoms with Gasteiger partial charge < -0.3 is 15.4 Å². The van der Waals surface area contributed by atoms with Crippen LogP contribution >= 0.6 is 12.2 Å². The Morgan fingerprint density at radius 3 is 2.73 bits per heavy atom. The molecular formula is C18H23FN4O2S. The molecule has 1 heterocycles. The van der Waals surface area contributed by atoms with Crippen LogP contribution in [0.3, 0.4) is 0 Å². The summed E-state index contributed by atoms with van der Waals surface area (Å²) in [5.74, 6) is 0.0188. The van der Waals surface area contributed by atoms with E-state index in [1.165, 1.54) is 6.07 Å². The van der Waals surface area contributed by atoms with Crippen LogP contribution in [-0.4, -0.2) is 42.1 Å². The average molecular weight is 378 g/mol. The van der Waals surface area contributed by atoms with Crippen LogP contribution in [0, 0.1) is 5.82 Å². The number of urea groups is 1. The minimum absolute atomic E-state index is 0.0505. The lowest BCUT2D eigenvalue weighted by Crippen LogP contribution is -2.44. The van der Waals surface area contributed by atoms with Gasteiger partial charge in [-0.15, -0.1) is 0 Å². The fraction of sp³-hybridized carbons (Fsp3) is 0.389. The zero-order valence-corrected chi connectivity index (χ0v) is 15.7. The maximum absolute atomic E-state index is 14.2. The summed E-state index contributed by atoms with van der Waals surface area (Å²) in [6, 6.07) is 4.79. The molecule has 0 spiro atoms. The molecule has 0 unspecified atom stereocenters. The van der Waals surface area contributed by atoms with Gasteiger partial charge >= 0.3 is 6.03 Å². The predicted octanol–water partition coefficient (Wildman–Crippen LogP) is 2.82. The largest absolute Gasteiger partial charge is 0.387 e. The topological polar surface area (TPSA) is 80.0 Å². The van der Waals surface area contributed by atoms with E-state index in [0.717, 1.165) is 11.1 Å². The molecule has 0 atom stereocenters. The molecule has 1 aliphatic rings. The van der Waals surface area contributed by atoms with E-state index in [0.29, 0.717) is 38.1 Å². The molecule has 1 aromatic carbocycles. The van der Waals surface area contributed by atoms with Gasteiger partial charge in [-0.1, -0.05) is 23.8 Å². The number of likely N-dealkylation sites (tertiary alicyclic amines) is 1. The van der Waals surface area contributed by atoms with Gasteiger partial charge in [-0.05, 0) is 43.6 Å². The molecule has 26 heavy (non-hydrogen) atoms.